The minimum absolute atomic E-state index is 0.748. The highest BCUT2D eigenvalue weighted by atomic mass is 16.5. The summed E-state index contributed by atoms with van der Waals surface area (Å²) >= 11 is 0. The monoisotopic (exact) mass is 267 g/mol. The van der Waals surface area contributed by atoms with Crippen LogP contribution in [0, 0.1) is 0 Å². The average Bonchev–Trinajstić information content (AvgIpc) is 2.86. The third-order valence-electron chi connectivity index (χ3n) is 3.32. The van der Waals surface area contributed by atoms with Gasteiger partial charge in [-0.1, -0.05) is 39.0 Å². The number of imidazole rings is 1. The highest BCUT2D eigenvalue weighted by Gasteiger charge is 2.01. The zero-order valence-corrected chi connectivity index (χ0v) is 12.5. The summed E-state index contributed by atoms with van der Waals surface area (Å²) in [6.45, 7) is 5.80. The van der Waals surface area contributed by atoms with Crippen molar-refractivity contribution in [2.45, 2.75) is 58.5 Å². The van der Waals surface area contributed by atoms with E-state index < -0.39 is 0 Å². The molecule has 1 aromatic rings. The van der Waals surface area contributed by atoms with E-state index in [9.17, 15) is 0 Å². The Morgan fingerprint density at radius 1 is 1.21 bits per heavy atom. The molecule has 1 N–H and O–H groups in total. The molecular weight excluding hydrogens is 238 g/mol. The normalized spacial score (nSPS) is 11.1. The van der Waals surface area contributed by atoms with Crippen molar-refractivity contribution in [1.29, 1.82) is 0 Å². The Morgan fingerprint density at radius 2 is 2.00 bits per heavy atom. The zero-order chi connectivity index (χ0) is 13.8. The molecule has 0 atom stereocenters. The molecule has 110 valence electrons. The molecule has 19 heavy (non-hydrogen) atoms. The Labute approximate surface area is 117 Å². The Bertz CT molecular complexity index is 312. The van der Waals surface area contributed by atoms with E-state index in [0.717, 1.165) is 32.1 Å². The highest BCUT2D eigenvalue weighted by molar-refractivity contribution is 4.91. The van der Waals surface area contributed by atoms with Crippen LogP contribution in [0.1, 0.15) is 51.3 Å². The van der Waals surface area contributed by atoms with Crippen molar-refractivity contribution in [1.82, 2.24) is 14.9 Å². The largest absolute Gasteiger partial charge is 0.383 e. The molecule has 0 saturated carbocycles. The molecule has 0 spiro atoms. The first-order valence-corrected chi connectivity index (χ1v) is 7.58. The van der Waals surface area contributed by atoms with Gasteiger partial charge in [-0.3, -0.25) is 0 Å². The minimum atomic E-state index is 0.748. The molecular formula is C15H29N3O. The number of aryl methyl sites for hydroxylation is 1. The summed E-state index contributed by atoms with van der Waals surface area (Å²) in [6.07, 6.45) is 12.0. The second kappa shape index (κ2) is 11.0. The molecule has 4 nitrogen and oxygen atoms in total. The van der Waals surface area contributed by atoms with E-state index >= 15 is 0 Å². The molecule has 1 rings (SSSR count). The van der Waals surface area contributed by atoms with Crippen LogP contribution in [0.2, 0.25) is 0 Å². The highest BCUT2D eigenvalue weighted by Crippen LogP contribution is 2.07. The van der Waals surface area contributed by atoms with E-state index in [-0.39, 0.29) is 0 Å². The van der Waals surface area contributed by atoms with Gasteiger partial charge >= 0.3 is 0 Å². The van der Waals surface area contributed by atoms with Crippen molar-refractivity contribution in [2.24, 2.45) is 0 Å². The minimum Gasteiger partial charge on any atom is -0.383 e. The van der Waals surface area contributed by atoms with Crippen molar-refractivity contribution < 1.29 is 4.74 Å². The standard InChI is InChI=1S/C15H29N3O/c1-3-4-5-6-7-8-11-18-12-9-17-15(18)14-16-10-13-19-2/h9,12,16H,3-8,10-11,13-14H2,1-2H3. The van der Waals surface area contributed by atoms with Gasteiger partial charge in [0.15, 0.2) is 0 Å². The average molecular weight is 267 g/mol. The first kappa shape index (κ1) is 16.2. The third-order valence-corrected chi connectivity index (χ3v) is 3.32. The van der Waals surface area contributed by atoms with Crippen LogP contribution in [0.25, 0.3) is 0 Å². The molecule has 0 aliphatic rings. The lowest BCUT2D eigenvalue weighted by Gasteiger charge is -2.08. The van der Waals surface area contributed by atoms with Crippen molar-refractivity contribution in [3.63, 3.8) is 0 Å². The molecule has 0 saturated heterocycles. The maximum Gasteiger partial charge on any atom is 0.122 e. The number of hydrogen-bond acceptors (Lipinski definition) is 3. The zero-order valence-electron chi connectivity index (χ0n) is 12.5. The van der Waals surface area contributed by atoms with Crippen molar-refractivity contribution >= 4 is 0 Å². The number of methoxy groups -OCH3 is 1. The molecule has 0 aliphatic carbocycles. The van der Waals surface area contributed by atoms with Crippen molar-refractivity contribution in [2.75, 3.05) is 20.3 Å². The van der Waals surface area contributed by atoms with Crippen LogP contribution in [0.3, 0.4) is 0 Å². The Balaban J connectivity index is 2.13. The molecule has 0 aromatic carbocycles. The number of nitrogens with zero attached hydrogens (tertiary/aromatic N) is 2. The number of hydrogen-bond donors (Lipinski definition) is 1. The summed E-state index contributed by atoms with van der Waals surface area (Å²) in [5.41, 5.74) is 0. The first-order valence-electron chi connectivity index (χ1n) is 7.58. The number of aromatic nitrogens is 2. The quantitative estimate of drug-likeness (QED) is 0.592. The Hall–Kier alpha value is -0.870. The smallest absolute Gasteiger partial charge is 0.122 e. The Kier molecular flexibility index (Phi) is 9.37. The van der Waals surface area contributed by atoms with E-state index in [4.69, 9.17) is 4.74 Å². The summed E-state index contributed by atoms with van der Waals surface area (Å²) in [5, 5.41) is 3.34. The lowest BCUT2D eigenvalue weighted by Crippen LogP contribution is -2.21. The summed E-state index contributed by atoms with van der Waals surface area (Å²) in [7, 11) is 1.72. The van der Waals surface area contributed by atoms with Crippen LogP contribution in [0.4, 0.5) is 0 Å². The third kappa shape index (κ3) is 7.33. The SMILES string of the molecule is CCCCCCCCn1ccnc1CNCCOC. The van der Waals surface area contributed by atoms with Gasteiger partial charge < -0.3 is 14.6 Å². The van der Waals surface area contributed by atoms with Crippen LogP contribution >= 0.6 is 0 Å². The summed E-state index contributed by atoms with van der Waals surface area (Å²) in [4.78, 5) is 4.40. The van der Waals surface area contributed by atoms with Crippen LogP contribution < -0.4 is 5.32 Å². The molecule has 0 radical (unpaired) electrons. The summed E-state index contributed by atoms with van der Waals surface area (Å²) < 4.78 is 7.28. The van der Waals surface area contributed by atoms with Crippen molar-refractivity contribution in [3.05, 3.63) is 18.2 Å². The number of rotatable bonds is 12. The van der Waals surface area contributed by atoms with Crippen molar-refractivity contribution in [3.8, 4) is 0 Å². The fourth-order valence-corrected chi connectivity index (χ4v) is 2.15. The summed E-state index contributed by atoms with van der Waals surface area (Å²) in [5.74, 6) is 1.13. The van der Waals surface area contributed by atoms with Gasteiger partial charge in [-0.2, -0.15) is 0 Å². The molecule has 0 unspecified atom stereocenters. The summed E-state index contributed by atoms with van der Waals surface area (Å²) in [6, 6.07) is 0. The van der Waals surface area contributed by atoms with Gasteiger partial charge in [-0.25, -0.2) is 4.98 Å². The van der Waals surface area contributed by atoms with Gasteiger partial charge in [-0.15, -0.1) is 0 Å². The molecule has 0 aliphatic heterocycles. The fourth-order valence-electron chi connectivity index (χ4n) is 2.15. The van der Waals surface area contributed by atoms with Crippen LogP contribution in [-0.4, -0.2) is 29.8 Å². The van der Waals surface area contributed by atoms with E-state index in [1.165, 1.54) is 38.5 Å². The predicted octanol–water partition coefficient (Wildman–Crippen LogP) is 2.98. The first-order chi connectivity index (χ1) is 9.38. The number of nitrogens with one attached hydrogen (secondary N) is 1. The molecule has 0 bridgehead atoms. The molecule has 0 fully saturated rings. The fraction of sp³-hybridized carbons (Fsp3) is 0.800. The number of unbranched alkanes of at least 4 members (excludes halogenated alkanes) is 5. The van der Waals surface area contributed by atoms with Gasteiger partial charge in [-0.05, 0) is 6.42 Å². The molecule has 1 heterocycles. The van der Waals surface area contributed by atoms with Crippen LogP contribution in [0.15, 0.2) is 12.4 Å². The molecule has 1 aromatic heterocycles. The van der Waals surface area contributed by atoms with Crippen LogP contribution in [0.5, 0.6) is 0 Å². The van der Waals surface area contributed by atoms with E-state index in [2.05, 4.69) is 28.0 Å². The van der Waals surface area contributed by atoms with Gasteiger partial charge in [0.05, 0.1) is 13.2 Å². The maximum absolute atomic E-state index is 5.01. The lowest BCUT2D eigenvalue weighted by molar-refractivity contribution is 0.199. The van der Waals surface area contributed by atoms with Gasteiger partial charge in [0.25, 0.3) is 0 Å². The second-order valence-corrected chi connectivity index (χ2v) is 4.97. The number of ether oxygens (including phenoxy) is 1. The van der Waals surface area contributed by atoms with Gasteiger partial charge in [0.1, 0.15) is 5.82 Å². The van der Waals surface area contributed by atoms with E-state index in [0.29, 0.717) is 0 Å². The second-order valence-electron chi connectivity index (χ2n) is 4.97. The Morgan fingerprint density at radius 3 is 2.79 bits per heavy atom. The maximum atomic E-state index is 5.01. The lowest BCUT2D eigenvalue weighted by atomic mass is 10.1. The van der Waals surface area contributed by atoms with E-state index in [1.807, 2.05) is 6.20 Å². The van der Waals surface area contributed by atoms with Gasteiger partial charge in [0.2, 0.25) is 0 Å². The van der Waals surface area contributed by atoms with E-state index in [1.54, 1.807) is 7.11 Å². The predicted molar refractivity (Wildman–Crippen MR) is 79.2 cm³/mol. The van der Waals surface area contributed by atoms with Crippen LogP contribution in [-0.2, 0) is 17.8 Å². The topological polar surface area (TPSA) is 39.1 Å². The van der Waals surface area contributed by atoms with Gasteiger partial charge in [0, 0.05) is 32.6 Å². The molecule has 0 amide bonds. The molecule has 4 heteroatoms.